The molecule has 1 fully saturated rings. The van der Waals surface area contributed by atoms with Gasteiger partial charge in [-0.3, -0.25) is 14.7 Å². The van der Waals surface area contributed by atoms with Crippen LogP contribution in [0, 0.1) is 0 Å². The number of aromatic nitrogens is 1. The van der Waals surface area contributed by atoms with Gasteiger partial charge in [0.2, 0.25) is 0 Å². The minimum absolute atomic E-state index is 0.0835. The SMILES string of the molecule is C[C@H](c1ccccc1)N1CC[C@H](NC(=O)c2ccccn2)C1. The summed E-state index contributed by atoms with van der Waals surface area (Å²) < 4.78 is 0. The van der Waals surface area contributed by atoms with Crippen molar-refractivity contribution in [1.29, 1.82) is 0 Å². The Kier molecular flexibility index (Phi) is 4.49. The fraction of sp³-hybridized carbons (Fsp3) is 0.333. The van der Waals surface area contributed by atoms with E-state index in [9.17, 15) is 4.79 Å². The van der Waals surface area contributed by atoms with Crippen LogP contribution in [0.4, 0.5) is 0 Å². The lowest BCUT2D eigenvalue weighted by atomic mass is 10.1. The quantitative estimate of drug-likeness (QED) is 0.943. The number of pyridine rings is 1. The smallest absolute Gasteiger partial charge is 0.270 e. The molecule has 1 N–H and O–H groups in total. The lowest BCUT2D eigenvalue weighted by molar-refractivity contribution is 0.0931. The number of carbonyl (C=O) groups is 1. The van der Waals surface area contributed by atoms with Gasteiger partial charge < -0.3 is 5.32 Å². The Morgan fingerprint density at radius 2 is 2.00 bits per heavy atom. The molecule has 0 spiro atoms. The Morgan fingerprint density at radius 3 is 2.73 bits per heavy atom. The van der Waals surface area contributed by atoms with Crippen LogP contribution in [0.1, 0.15) is 35.4 Å². The zero-order valence-electron chi connectivity index (χ0n) is 12.8. The van der Waals surface area contributed by atoms with Crippen LogP contribution in [-0.4, -0.2) is 34.9 Å². The molecule has 0 saturated carbocycles. The Morgan fingerprint density at radius 1 is 1.23 bits per heavy atom. The van der Waals surface area contributed by atoms with Crippen LogP contribution >= 0.6 is 0 Å². The summed E-state index contributed by atoms with van der Waals surface area (Å²) in [7, 11) is 0. The first-order valence-corrected chi connectivity index (χ1v) is 7.75. The molecule has 2 heterocycles. The highest BCUT2D eigenvalue weighted by Crippen LogP contribution is 2.24. The van der Waals surface area contributed by atoms with Crippen LogP contribution in [0.15, 0.2) is 54.7 Å². The highest BCUT2D eigenvalue weighted by molar-refractivity contribution is 5.92. The molecule has 1 aliphatic rings. The molecule has 1 aliphatic heterocycles. The summed E-state index contributed by atoms with van der Waals surface area (Å²) in [6.45, 7) is 4.11. The summed E-state index contributed by atoms with van der Waals surface area (Å²) in [5, 5.41) is 3.09. The van der Waals surface area contributed by atoms with Crippen LogP contribution in [0.3, 0.4) is 0 Å². The lowest BCUT2D eigenvalue weighted by Gasteiger charge is -2.24. The van der Waals surface area contributed by atoms with Gasteiger partial charge in [-0.2, -0.15) is 0 Å². The Bertz CT molecular complexity index is 615. The minimum atomic E-state index is -0.0835. The van der Waals surface area contributed by atoms with Gasteiger partial charge in [0.05, 0.1) is 0 Å². The molecule has 3 rings (SSSR count). The first-order valence-electron chi connectivity index (χ1n) is 7.75. The second-order valence-corrected chi connectivity index (χ2v) is 5.76. The Hall–Kier alpha value is -2.20. The molecular weight excluding hydrogens is 274 g/mol. The van der Waals surface area contributed by atoms with E-state index in [0.717, 1.165) is 19.5 Å². The fourth-order valence-electron chi connectivity index (χ4n) is 2.96. The fourth-order valence-corrected chi connectivity index (χ4v) is 2.96. The number of rotatable bonds is 4. The predicted molar refractivity (Wildman–Crippen MR) is 86.5 cm³/mol. The summed E-state index contributed by atoms with van der Waals surface area (Å²) in [6.07, 6.45) is 2.63. The molecule has 0 aliphatic carbocycles. The van der Waals surface area contributed by atoms with Gasteiger partial charge in [0.25, 0.3) is 5.91 Å². The second-order valence-electron chi connectivity index (χ2n) is 5.76. The average Bonchev–Trinajstić information content (AvgIpc) is 3.04. The molecule has 2 aromatic rings. The van der Waals surface area contributed by atoms with Crippen molar-refractivity contribution < 1.29 is 4.79 Å². The molecule has 114 valence electrons. The number of hydrogen-bond acceptors (Lipinski definition) is 3. The van der Waals surface area contributed by atoms with Gasteiger partial charge in [-0.25, -0.2) is 0 Å². The summed E-state index contributed by atoms with van der Waals surface area (Å²) in [6, 6.07) is 16.5. The highest BCUT2D eigenvalue weighted by Gasteiger charge is 2.28. The van der Waals surface area contributed by atoms with Crippen LogP contribution in [-0.2, 0) is 0 Å². The molecule has 0 unspecified atom stereocenters. The van der Waals surface area contributed by atoms with Crippen molar-refractivity contribution in [3.8, 4) is 0 Å². The van der Waals surface area contributed by atoms with Crippen molar-refractivity contribution >= 4 is 5.91 Å². The van der Waals surface area contributed by atoms with Crippen molar-refractivity contribution in [2.75, 3.05) is 13.1 Å². The van der Waals surface area contributed by atoms with Crippen LogP contribution < -0.4 is 5.32 Å². The predicted octanol–water partition coefficient (Wildman–Crippen LogP) is 2.65. The third-order valence-electron chi connectivity index (χ3n) is 4.28. The lowest BCUT2D eigenvalue weighted by Crippen LogP contribution is -2.37. The summed E-state index contributed by atoms with van der Waals surface area (Å²) in [4.78, 5) is 18.7. The van der Waals surface area contributed by atoms with E-state index in [1.165, 1.54) is 5.56 Å². The summed E-state index contributed by atoms with van der Waals surface area (Å²) in [5.74, 6) is -0.0835. The molecule has 0 bridgehead atoms. The van der Waals surface area contributed by atoms with Gasteiger partial charge in [-0.1, -0.05) is 36.4 Å². The van der Waals surface area contributed by atoms with E-state index >= 15 is 0 Å². The number of nitrogens with one attached hydrogen (secondary N) is 1. The molecular formula is C18H21N3O. The number of nitrogens with zero attached hydrogens (tertiary/aromatic N) is 2. The number of carbonyl (C=O) groups excluding carboxylic acids is 1. The van der Waals surface area contributed by atoms with E-state index in [1.54, 1.807) is 12.3 Å². The molecule has 1 aromatic carbocycles. The van der Waals surface area contributed by atoms with Gasteiger partial charge in [0.1, 0.15) is 5.69 Å². The maximum Gasteiger partial charge on any atom is 0.270 e. The maximum absolute atomic E-state index is 12.2. The number of amides is 1. The Labute approximate surface area is 131 Å². The van der Waals surface area contributed by atoms with Gasteiger partial charge in [0, 0.05) is 31.4 Å². The topological polar surface area (TPSA) is 45.2 Å². The van der Waals surface area contributed by atoms with Gasteiger partial charge >= 0.3 is 0 Å². The molecule has 1 aromatic heterocycles. The molecule has 4 nitrogen and oxygen atoms in total. The van der Waals surface area contributed by atoms with Crippen molar-refractivity contribution in [3.05, 3.63) is 66.0 Å². The normalized spacial score (nSPS) is 19.8. The molecule has 1 saturated heterocycles. The van der Waals surface area contributed by atoms with E-state index in [2.05, 4.69) is 46.4 Å². The molecule has 0 radical (unpaired) electrons. The maximum atomic E-state index is 12.2. The summed E-state index contributed by atoms with van der Waals surface area (Å²) >= 11 is 0. The van der Waals surface area contributed by atoms with Gasteiger partial charge in [0.15, 0.2) is 0 Å². The minimum Gasteiger partial charge on any atom is -0.347 e. The van der Waals surface area contributed by atoms with Crippen LogP contribution in [0.5, 0.6) is 0 Å². The number of benzene rings is 1. The molecule has 1 amide bonds. The summed E-state index contributed by atoms with van der Waals surface area (Å²) in [5.41, 5.74) is 1.80. The van der Waals surface area contributed by atoms with Crippen molar-refractivity contribution in [1.82, 2.24) is 15.2 Å². The van der Waals surface area contributed by atoms with Crippen molar-refractivity contribution in [2.45, 2.75) is 25.4 Å². The standard InChI is InChI=1S/C18H21N3O/c1-14(15-7-3-2-4-8-15)21-12-10-16(13-21)20-18(22)17-9-5-6-11-19-17/h2-9,11,14,16H,10,12-13H2,1H3,(H,20,22)/t14-,16+/m1/s1. The first-order chi connectivity index (χ1) is 10.7. The van der Waals surface area contributed by atoms with E-state index in [4.69, 9.17) is 0 Å². The zero-order chi connectivity index (χ0) is 15.4. The molecule has 2 atom stereocenters. The van der Waals surface area contributed by atoms with Crippen molar-refractivity contribution in [2.24, 2.45) is 0 Å². The van der Waals surface area contributed by atoms with E-state index in [1.807, 2.05) is 18.2 Å². The van der Waals surface area contributed by atoms with E-state index in [-0.39, 0.29) is 11.9 Å². The molecule has 22 heavy (non-hydrogen) atoms. The third kappa shape index (κ3) is 3.34. The van der Waals surface area contributed by atoms with Gasteiger partial charge in [-0.05, 0) is 31.0 Å². The second kappa shape index (κ2) is 6.71. The highest BCUT2D eigenvalue weighted by atomic mass is 16.1. The van der Waals surface area contributed by atoms with E-state index < -0.39 is 0 Å². The number of hydrogen-bond donors (Lipinski definition) is 1. The van der Waals surface area contributed by atoms with Crippen LogP contribution in [0.2, 0.25) is 0 Å². The Balaban J connectivity index is 1.57. The van der Waals surface area contributed by atoms with Crippen LogP contribution in [0.25, 0.3) is 0 Å². The third-order valence-corrected chi connectivity index (χ3v) is 4.28. The zero-order valence-corrected chi connectivity index (χ0v) is 12.8. The van der Waals surface area contributed by atoms with Crippen molar-refractivity contribution in [3.63, 3.8) is 0 Å². The largest absolute Gasteiger partial charge is 0.347 e. The number of likely N-dealkylation sites (tertiary alicyclic amines) is 1. The molecule has 4 heteroatoms. The monoisotopic (exact) mass is 295 g/mol. The first kappa shape index (κ1) is 14.7. The average molecular weight is 295 g/mol. The van der Waals surface area contributed by atoms with E-state index in [0.29, 0.717) is 11.7 Å². The van der Waals surface area contributed by atoms with Gasteiger partial charge in [-0.15, -0.1) is 0 Å².